The molecule has 0 saturated carbocycles. The van der Waals surface area contributed by atoms with Crippen LogP contribution in [0.5, 0.6) is 0 Å². The minimum atomic E-state index is -4.46. The van der Waals surface area contributed by atoms with Gasteiger partial charge in [-0.1, -0.05) is 12.2 Å². The van der Waals surface area contributed by atoms with Gasteiger partial charge in [0.25, 0.3) is 5.91 Å². The molecule has 0 bridgehead atoms. The number of alkyl halides is 3. The molecule has 2 rings (SSSR count). The Morgan fingerprint density at radius 3 is 2.67 bits per heavy atom. The van der Waals surface area contributed by atoms with Crippen LogP contribution < -0.4 is 5.32 Å². The van der Waals surface area contributed by atoms with E-state index in [4.69, 9.17) is 0 Å². The summed E-state index contributed by atoms with van der Waals surface area (Å²) < 4.78 is 39.4. The van der Waals surface area contributed by atoms with E-state index in [0.29, 0.717) is 22.8 Å². The Bertz CT molecular complexity index is 750. The van der Waals surface area contributed by atoms with Gasteiger partial charge in [-0.15, -0.1) is 11.3 Å². The maximum atomic E-state index is 13.1. The first-order valence-corrected chi connectivity index (χ1v) is 9.57. The number of halogens is 3. The standard InChI is InChI=1S/C19H24F3N3OS/c1-4-6-13(19(20,21)22)11-15(24-3)16-8-9-17(27-16)18(26)25-10-5-7-14(12-25)23-2/h4,6,8-9,11,14,23H,5,7,10,12H2,1-3H3/b6-4-,13-11+,24-15+/t14-/m1/s1. The molecule has 2 heterocycles. The highest BCUT2D eigenvalue weighted by Crippen LogP contribution is 2.28. The van der Waals surface area contributed by atoms with Crippen molar-refractivity contribution < 1.29 is 18.0 Å². The molecule has 1 atom stereocenters. The highest BCUT2D eigenvalue weighted by molar-refractivity contribution is 7.16. The molecule has 1 N–H and O–H groups in total. The van der Waals surface area contributed by atoms with Crippen LogP contribution in [-0.2, 0) is 0 Å². The number of hydrogen-bond acceptors (Lipinski definition) is 4. The summed E-state index contributed by atoms with van der Waals surface area (Å²) in [6, 6.07) is 3.58. The Morgan fingerprint density at radius 1 is 1.37 bits per heavy atom. The SMILES string of the molecule is C\C=C/C(=C\C(=N/C)c1ccc(C(=O)N2CCC[C@@H](NC)C2)s1)C(F)(F)F. The second-order valence-electron chi connectivity index (χ2n) is 6.25. The van der Waals surface area contributed by atoms with E-state index in [1.807, 2.05) is 7.05 Å². The van der Waals surface area contributed by atoms with E-state index in [9.17, 15) is 18.0 Å². The summed E-state index contributed by atoms with van der Waals surface area (Å²) in [5.74, 6) is -0.0878. The third kappa shape index (κ3) is 5.52. The number of amides is 1. The van der Waals surface area contributed by atoms with E-state index in [1.165, 1.54) is 31.4 Å². The van der Waals surface area contributed by atoms with Crippen molar-refractivity contribution in [2.75, 3.05) is 27.2 Å². The maximum absolute atomic E-state index is 13.1. The number of likely N-dealkylation sites (N-methyl/N-ethyl adjacent to an activating group) is 1. The summed E-state index contributed by atoms with van der Waals surface area (Å²) in [7, 11) is 3.32. The zero-order valence-corrected chi connectivity index (χ0v) is 16.5. The molecule has 1 aromatic rings. The fraction of sp³-hybridized carbons (Fsp3) is 0.474. The van der Waals surface area contributed by atoms with Gasteiger partial charge in [-0.05, 0) is 45.0 Å². The van der Waals surface area contributed by atoms with Crippen LogP contribution in [0, 0.1) is 0 Å². The molecule has 0 aromatic carbocycles. The van der Waals surface area contributed by atoms with Gasteiger partial charge in [0.15, 0.2) is 0 Å². The Labute approximate surface area is 161 Å². The first-order chi connectivity index (χ1) is 12.8. The number of thiophene rings is 1. The molecule has 0 spiro atoms. The molecule has 4 nitrogen and oxygen atoms in total. The molecule has 1 amide bonds. The lowest BCUT2D eigenvalue weighted by atomic mass is 10.1. The summed E-state index contributed by atoms with van der Waals surface area (Å²) in [4.78, 5) is 19.6. The molecular weight excluding hydrogens is 375 g/mol. The predicted octanol–water partition coefficient (Wildman–Crippen LogP) is 4.06. The van der Waals surface area contributed by atoms with Gasteiger partial charge < -0.3 is 10.2 Å². The first-order valence-electron chi connectivity index (χ1n) is 8.75. The van der Waals surface area contributed by atoms with Crippen LogP contribution in [0.4, 0.5) is 13.2 Å². The van der Waals surface area contributed by atoms with Gasteiger partial charge in [0.1, 0.15) is 0 Å². The third-order valence-corrected chi connectivity index (χ3v) is 5.49. The topological polar surface area (TPSA) is 44.7 Å². The van der Waals surface area contributed by atoms with Gasteiger partial charge in [0.2, 0.25) is 0 Å². The van der Waals surface area contributed by atoms with Gasteiger partial charge in [0, 0.05) is 26.2 Å². The summed E-state index contributed by atoms with van der Waals surface area (Å²) in [5, 5.41) is 3.19. The van der Waals surface area contributed by atoms with Gasteiger partial charge in [-0.25, -0.2) is 0 Å². The Kier molecular flexibility index (Phi) is 7.38. The summed E-state index contributed by atoms with van der Waals surface area (Å²) >= 11 is 1.17. The number of piperidine rings is 1. The highest BCUT2D eigenvalue weighted by Gasteiger charge is 2.32. The normalized spacial score (nSPS) is 19.8. The van der Waals surface area contributed by atoms with E-state index >= 15 is 0 Å². The number of allylic oxidation sites excluding steroid dienone is 4. The molecule has 1 fully saturated rings. The number of rotatable bonds is 5. The average Bonchev–Trinajstić information content (AvgIpc) is 3.13. The van der Waals surface area contributed by atoms with Crippen LogP contribution in [0.1, 0.15) is 34.3 Å². The van der Waals surface area contributed by atoms with Crippen LogP contribution in [0.25, 0.3) is 0 Å². The summed E-state index contributed by atoms with van der Waals surface area (Å²) in [6.45, 7) is 2.86. The minimum Gasteiger partial charge on any atom is -0.336 e. The van der Waals surface area contributed by atoms with Crippen molar-refractivity contribution in [3.8, 4) is 0 Å². The maximum Gasteiger partial charge on any atom is 0.416 e. The lowest BCUT2D eigenvalue weighted by molar-refractivity contribution is -0.0881. The fourth-order valence-corrected chi connectivity index (χ4v) is 3.92. The van der Waals surface area contributed by atoms with Crippen LogP contribution in [0.2, 0.25) is 0 Å². The number of hydrogen-bond donors (Lipinski definition) is 1. The number of likely N-dealkylation sites (tertiary alicyclic amines) is 1. The molecular formula is C19H24F3N3OS. The lowest BCUT2D eigenvalue weighted by Gasteiger charge is -2.32. The molecule has 0 radical (unpaired) electrons. The molecule has 8 heteroatoms. The predicted molar refractivity (Wildman–Crippen MR) is 104 cm³/mol. The molecule has 148 valence electrons. The second-order valence-corrected chi connectivity index (χ2v) is 7.33. The zero-order chi connectivity index (χ0) is 20.0. The van der Waals surface area contributed by atoms with Gasteiger partial charge in [-0.3, -0.25) is 9.79 Å². The second kappa shape index (κ2) is 9.32. The van der Waals surface area contributed by atoms with E-state index in [0.717, 1.165) is 25.0 Å². The van der Waals surface area contributed by atoms with Crippen LogP contribution in [-0.4, -0.2) is 55.9 Å². The van der Waals surface area contributed by atoms with Crippen molar-refractivity contribution >= 4 is 23.0 Å². The number of nitrogens with one attached hydrogen (secondary N) is 1. The number of aliphatic imine (C=N–C) groups is 1. The molecule has 0 aliphatic carbocycles. The Hall–Kier alpha value is -1.93. The van der Waals surface area contributed by atoms with E-state index < -0.39 is 11.7 Å². The zero-order valence-electron chi connectivity index (χ0n) is 15.6. The smallest absolute Gasteiger partial charge is 0.336 e. The molecule has 27 heavy (non-hydrogen) atoms. The molecule has 1 saturated heterocycles. The number of carbonyl (C=O) groups is 1. The highest BCUT2D eigenvalue weighted by atomic mass is 32.1. The van der Waals surface area contributed by atoms with Crippen LogP contribution in [0.3, 0.4) is 0 Å². The van der Waals surface area contributed by atoms with Gasteiger partial charge in [0.05, 0.1) is 21.0 Å². The quantitative estimate of drug-likeness (QED) is 0.600. The lowest BCUT2D eigenvalue weighted by Crippen LogP contribution is -2.46. The Morgan fingerprint density at radius 2 is 2.07 bits per heavy atom. The average molecular weight is 399 g/mol. The van der Waals surface area contributed by atoms with Crippen molar-refractivity contribution in [3.63, 3.8) is 0 Å². The van der Waals surface area contributed by atoms with Crippen molar-refractivity contribution in [1.29, 1.82) is 0 Å². The number of nitrogens with zero attached hydrogens (tertiary/aromatic N) is 2. The fourth-order valence-electron chi connectivity index (χ4n) is 2.94. The van der Waals surface area contributed by atoms with Crippen molar-refractivity contribution in [3.05, 3.63) is 45.7 Å². The molecule has 1 aromatic heterocycles. The van der Waals surface area contributed by atoms with Crippen molar-refractivity contribution in [2.24, 2.45) is 4.99 Å². The molecule has 0 unspecified atom stereocenters. The van der Waals surface area contributed by atoms with E-state index in [-0.39, 0.29) is 17.7 Å². The van der Waals surface area contributed by atoms with Crippen LogP contribution >= 0.6 is 11.3 Å². The van der Waals surface area contributed by atoms with E-state index in [1.54, 1.807) is 17.0 Å². The van der Waals surface area contributed by atoms with Crippen molar-refractivity contribution in [2.45, 2.75) is 32.0 Å². The number of carbonyl (C=O) groups excluding carboxylic acids is 1. The van der Waals surface area contributed by atoms with E-state index in [2.05, 4.69) is 10.3 Å². The Balaban J connectivity index is 2.23. The molecule has 1 aliphatic heterocycles. The van der Waals surface area contributed by atoms with Gasteiger partial charge >= 0.3 is 6.18 Å². The van der Waals surface area contributed by atoms with Crippen LogP contribution in [0.15, 0.2) is 40.9 Å². The largest absolute Gasteiger partial charge is 0.416 e. The summed E-state index contributed by atoms with van der Waals surface area (Å²) in [6.07, 6.45) is 0.851. The molecule has 1 aliphatic rings. The summed E-state index contributed by atoms with van der Waals surface area (Å²) in [5.41, 5.74) is -0.573. The van der Waals surface area contributed by atoms with Gasteiger partial charge in [-0.2, -0.15) is 13.2 Å². The first kappa shape index (κ1) is 21.4. The third-order valence-electron chi connectivity index (χ3n) is 4.39. The monoisotopic (exact) mass is 399 g/mol. The minimum absolute atomic E-state index is 0.0878. The van der Waals surface area contributed by atoms with Crippen molar-refractivity contribution in [1.82, 2.24) is 10.2 Å².